The highest BCUT2D eigenvalue weighted by atomic mass is 79.9. The summed E-state index contributed by atoms with van der Waals surface area (Å²) in [6.45, 7) is 0. The molecule has 0 aliphatic carbocycles. The number of anilines is 1. The lowest BCUT2D eigenvalue weighted by atomic mass is 10.1. The van der Waals surface area contributed by atoms with Gasteiger partial charge in [0.05, 0.1) is 5.56 Å². The molecule has 5 heteroatoms. The Kier molecular flexibility index (Phi) is 4.60. The van der Waals surface area contributed by atoms with Crippen LogP contribution in [0.1, 0.15) is 10.4 Å². The molecule has 0 aliphatic rings. The average Bonchev–Trinajstić information content (AvgIpc) is 2.68. The van der Waals surface area contributed by atoms with Crippen LogP contribution in [0.3, 0.4) is 0 Å². The molecule has 27 heavy (non-hydrogen) atoms. The minimum absolute atomic E-state index is 0.200. The van der Waals surface area contributed by atoms with E-state index in [9.17, 15) is 9.59 Å². The van der Waals surface area contributed by atoms with Crippen LogP contribution in [0.4, 0.5) is 5.69 Å². The van der Waals surface area contributed by atoms with Gasteiger partial charge in [-0.2, -0.15) is 0 Å². The minimum Gasteiger partial charge on any atom is -0.422 e. The molecule has 4 nitrogen and oxygen atoms in total. The van der Waals surface area contributed by atoms with Crippen molar-refractivity contribution in [2.24, 2.45) is 0 Å². The van der Waals surface area contributed by atoms with Gasteiger partial charge in [-0.15, -0.1) is 0 Å². The third-order valence-electron chi connectivity index (χ3n) is 4.18. The van der Waals surface area contributed by atoms with E-state index in [2.05, 4.69) is 21.2 Å². The second-order valence-corrected chi connectivity index (χ2v) is 6.94. The summed E-state index contributed by atoms with van der Waals surface area (Å²) in [5.41, 5.74) is 2.59. The van der Waals surface area contributed by atoms with Gasteiger partial charge in [0, 0.05) is 21.1 Å². The SMILES string of the molecule is O=C(Nc1ccc(-c2cc3ccccc3oc2=O)cc1)c1cccc(Br)c1. The van der Waals surface area contributed by atoms with Crippen LogP contribution in [0.25, 0.3) is 22.1 Å². The fraction of sp³-hybridized carbons (Fsp3) is 0. The molecule has 3 aromatic carbocycles. The van der Waals surface area contributed by atoms with Crippen molar-refractivity contribution in [3.63, 3.8) is 0 Å². The van der Waals surface area contributed by atoms with E-state index in [1.54, 1.807) is 48.5 Å². The van der Waals surface area contributed by atoms with Crippen molar-refractivity contribution in [2.75, 3.05) is 5.32 Å². The first-order chi connectivity index (χ1) is 13.1. The zero-order valence-electron chi connectivity index (χ0n) is 14.1. The molecule has 1 amide bonds. The Balaban J connectivity index is 1.60. The molecule has 132 valence electrons. The van der Waals surface area contributed by atoms with Crippen LogP contribution in [0, 0.1) is 0 Å². The number of hydrogen-bond acceptors (Lipinski definition) is 3. The number of benzene rings is 3. The molecule has 0 aliphatic heterocycles. The minimum atomic E-state index is -0.389. The maximum Gasteiger partial charge on any atom is 0.344 e. The predicted octanol–water partition coefficient (Wildman–Crippen LogP) is 5.47. The quantitative estimate of drug-likeness (QED) is 0.447. The van der Waals surface area contributed by atoms with E-state index in [4.69, 9.17) is 4.42 Å². The van der Waals surface area contributed by atoms with Gasteiger partial charge in [0.25, 0.3) is 5.91 Å². The molecule has 4 rings (SSSR count). The van der Waals surface area contributed by atoms with Gasteiger partial charge in [-0.25, -0.2) is 4.79 Å². The lowest BCUT2D eigenvalue weighted by Crippen LogP contribution is -2.11. The summed E-state index contributed by atoms with van der Waals surface area (Å²) in [6.07, 6.45) is 0. The Hall–Kier alpha value is -3.18. The molecule has 0 radical (unpaired) electrons. The Labute approximate surface area is 163 Å². The standard InChI is InChI=1S/C22H14BrNO3/c23-17-6-3-5-16(12-17)21(25)24-18-10-8-14(9-11-18)19-13-15-4-1-2-7-20(15)27-22(19)26/h1-13H,(H,24,25). The summed E-state index contributed by atoms with van der Waals surface area (Å²) in [7, 11) is 0. The van der Waals surface area contributed by atoms with Crippen LogP contribution >= 0.6 is 15.9 Å². The second-order valence-electron chi connectivity index (χ2n) is 6.03. The lowest BCUT2D eigenvalue weighted by Gasteiger charge is -2.07. The molecular weight excluding hydrogens is 406 g/mol. The number of halogens is 1. The summed E-state index contributed by atoms with van der Waals surface area (Å²) >= 11 is 3.36. The number of fused-ring (bicyclic) bond motifs is 1. The normalized spacial score (nSPS) is 10.7. The van der Waals surface area contributed by atoms with Crippen molar-refractivity contribution in [1.82, 2.24) is 0 Å². The van der Waals surface area contributed by atoms with E-state index in [0.29, 0.717) is 22.4 Å². The molecule has 1 N–H and O–H groups in total. The highest BCUT2D eigenvalue weighted by Crippen LogP contribution is 2.23. The number of para-hydroxylation sites is 1. The molecule has 0 fully saturated rings. The Morgan fingerprint density at radius 1 is 0.889 bits per heavy atom. The smallest absolute Gasteiger partial charge is 0.344 e. The van der Waals surface area contributed by atoms with E-state index >= 15 is 0 Å². The van der Waals surface area contributed by atoms with E-state index < -0.39 is 0 Å². The molecule has 0 spiro atoms. The van der Waals surface area contributed by atoms with Crippen molar-refractivity contribution in [3.8, 4) is 11.1 Å². The first kappa shape index (κ1) is 17.2. The maximum atomic E-state index is 12.3. The van der Waals surface area contributed by atoms with Crippen molar-refractivity contribution in [1.29, 1.82) is 0 Å². The van der Waals surface area contributed by atoms with Crippen LogP contribution in [-0.2, 0) is 0 Å². The predicted molar refractivity (Wildman–Crippen MR) is 110 cm³/mol. The van der Waals surface area contributed by atoms with Gasteiger partial charge in [0.1, 0.15) is 5.58 Å². The van der Waals surface area contributed by atoms with E-state index in [-0.39, 0.29) is 11.5 Å². The largest absolute Gasteiger partial charge is 0.422 e. The summed E-state index contributed by atoms with van der Waals surface area (Å²) in [6, 6.07) is 23.5. The Morgan fingerprint density at radius 3 is 2.44 bits per heavy atom. The summed E-state index contributed by atoms with van der Waals surface area (Å²) in [5, 5.41) is 3.71. The zero-order valence-corrected chi connectivity index (χ0v) is 15.7. The molecular formula is C22H14BrNO3. The monoisotopic (exact) mass is 419 g/mol. The van der Waals surface area contributed by atoms with Gasteiger partial charge in [-0.1, -0.05) is 52.3 Å². The lowest BCUT2D eigenvalue weighted by molar-refractivity contribution is 0.102. The number of carbonyl (C=O) groups is 1. The Morgan fingerprint density at radius 2 is 1.67 bits per heavy atom. The van der Waals surface area contributed by atoms with E-state index in [0.717, 1.165) is 15.4 Å². The molecule has 4 aromatic rings. The van der Waals surface area contributed by atoms with Gasteiger partial charge < -0.3 is 9.73 Å². The second kappa shape index (κ2) is 7.21. The molecule has 0 bridgehead atoms. The molecule has 0 saturated carbocycles. The number of rotatable bonds is 3. The molecule has 0 saturated heterocycles. The number of carbonyl (C=O) groups excluding carboxylic acids is 1. The third-order valence-corrected chi connectivity index (χ3v) is 4.68. The van der Waals surface area contributed by atoms with Gasteiger partial charge >= 0.3 is 5.63 Å². The Bertz CT molecular complexity index is 1200. The van der Waals surface area contributed by atoms with Gasteiger partial charge in [-0.05, 0) is 48.0 Å². The summed E-state index contributed by atoms with van der Waals surface area (Å²) in [5.74, 6) is -0.200. The van der Waals surface area contributed by atoms with Gasteiger partial charge in [-0.3, -0.25) is 4.79 Å². The topological polar surface area (TPSA) is 59.3 Å². The van der Waals surface area contributed by atoms with Crippen LogP contribution in [0.5, 0.6) is 0 Å². The van der Waals surface area contributed by atoms with E-state index in [1.165, 1.54) is 0 Å². The molecule has 1 aromatic heterocycles. The van der Waals surface area contributed by atoms with Crippen molar-refractivity contribution in [2.45, 2.75) is 0 Å². The van der Waals surface area contributed by atoms with Crippen molar-refractivity contribution in [3.05, 3.63) is 99.3 Å². The summed E-state index contributed by atoms with van der Waals surface area (Å²) in [4.78, 5) is 24.6. The third kappa shape index (κ3) is 3.68. The number of nitrogens with one attached hydrogen (secondary N) is 1. The first-order valence-electron chi connectivity index (χ1n) is 8.30. The van der Waals surface area contributed by atoms with Crippen molar-refractivity contribution >= 4 is 38.5 Å². The zero-order chi connectivity index (χ0) is 18.8. The first-order valence-corrected chi connectivity index (χ1v) is 9.10. The fourth-order valence-electron chi connectivity index (χ4n) is 2.83. The maximum absolute atomic E-state index is 12.3. The van der Waals surface area contributed by atoms with Crippen molar-refractivity contribution < 1.29 is 9.21 Å². The van der Waals surface area contributed by atoms with Gasteiger partial charge in [0.15, 0.2) is 0 Å². The molecule has 0 atom stereocenters. The van der Waals surface area contributed by atoms with Gasteiger partial charge in [0.2, 0.25) is 0 Å². The van der Waals surface area contributed by atoms with Crippen LogP contribution in [-0.4, -0.2) is 5.91 Å². The fourth-order valence-corrected chi connectivity index (χ4v) is 3.23. The van der Waals surface area contributed by atoms with E-state index in [1.807, 2.05) is 30.3 Å². The highest BCUT2D eigenvalue weighted by Gasteiger charge is 2.09. The van der Waals surface area contributed by atoms with Crippen LogP contribution in [0.15, 0.2) is 92.5 Å². The molecule has 0 unspecified atom stereocenters. The average molecular weight is 420 g/mol. The van der Waals surface area contributed by atoms with Crippen LogP contribution < -0.4 is 10.9 Å². The number of amides is 1. The highest BCUT2D eigenvalue weighted by molar-refractivity contribution is 9.10. The molecule has 1 heterocycles. The summed E-state index contributed by atoms with van der Waals surface area (Å²) < 4.78 is 6.22. The number of hydrogen-bond donors (Lipinski definition) is 1. The van der Waals surface area contributed by atoms with Crippen LogP contribution in [0.2, 0.25) is 0 Å².